The maximum absolute atomic E-state index is 13.4. The van der Waals surface area contributed by atoms with Crippen molar-refractivity contribution >= 4 is 17.4 Å². The average Bonchev–Trinajstić information content (AvgIpc) is 3.14. The smallest absolute Gasteiger partial charge is 0.227 e. The molecule has 6 nitrogen and oxygen atoms in total. The van der Waals surface area contributed by atoms with Gasteiger partial charge >= 0.3 is 0 Å². The SMILES string of the molecule is CCCCC(O)C(CC(C)C)C(=O)NC1CN(C)c2ccccc2C(N2CCCCCC2)=N1. The quantitative estimate of drug-likeness (QED) is 0.608. The first-order valence-corrected chi connectivity index (χ1v) is 13.0. The van der Waals surface area contributed by atoms with E-state index < -0.39 is 12.0 Å². The van der Waals surface area contributed by atoms with E-state index in [1.165, 1.54) is 25.7 Å². The van der Waals surface area contributed by atoms with Crippen LogP contribution in [0.5, 0.6) is 0 Å². The van der Waals surface area contributed by atoms with Gasteiger partial charge in [0.2, 0.25) is 5.91 Å². The van der Waals surface area contributed by atoms with Crippen LogP contribution in [0.3, 0.4) is 0 Å². The first-order valence-electron chi connectivity index (χ1n) is 13.0. The second-order valence-corrected chi connectivity index (χ2v) is 10.2. The number of hydrogen-bond donors (Lipinski definition) is 2. The number of amides is 1. The van der Waals surface area contributed by atoms with Crippen LogP contribution < -0.4 is 10.2 Å². The number of aliphatic hydroxyl groups excluding tert-OH is 1. The van der Waals surface area contributed by atoms with Gasteiger partial charge in [-0.2, -0.15) is 0 Å². The number of fused-ring (bicyclic) bond motifs is 1. The number of nitrogens with zero attached hydrogens (tertiary/aromatic N) is 3. The summed E-state index contributed by atoms with van der Waals surface area (Å²) in [5.41, 5.74) is 2.29. The lowest BCUT2D eigenvalue weighted by atomic mass is 9.88. The van der Waals surface area contributed by atoms with Crippen molar-refractivity contribution in [3.63, 3.8) is 0 Å². The number of benzene rings is 1. The Hall–Kier alpha value is -2.08. The van der Waals surface area contributed by atoms with E-state index in [0.29, 0.717) is 25.3 Å². The van der Waals surface area contributed by atoms with Gasteiger partial charge in [0.05, 0.1) is 18.6 Å². The summed E-state index contributed by atoms with van der Waals surface area (Å²) in [5.74, 6) is 0.864. The highest BCUT2D eigenvalue weighted by Gasteiger charge is 2.31. The molecule has 3 rings (SSSR count). The van der Waals surface area contributed by atoms with Gasteiger partial charge in [0.1, 0.15) is 12.0 Å². The number of likely N-dealkylation sites (N-methyl/N-ethyl adjacent to an activating group) is 1. The van der Waals surface area contributed by atoms with Crippen molar-refractivity contribution < 1.29 is 9.90 Å². The number of anilines is 1. The molecule has 1 saturated heterocycles. The molecule has 0 aromatic heterocycles. The number of nitrogens with one attached hydrogen (secondary N) is 1. The summed E-state index contributed by atoms with van der Waals surface area (Å²) in [7, 11) is 2.07. The van der Waals surface area contributed by atoms with E-state index >= 15 is 0 Å². The fourth-order valence-corrected chi connectivity index (χ4v) is 5.06. The number of aliphatic imine (C=N–C) groups is 1. The molecule has 1 aromatic carbocycles. The minimum Gasteiger partial charge on any atom is -0.392 e. The number of carbonyl (C=O) groups is 1. The van der Waals surface area contributed by atoms with E-state index in [2.05, 4.69) is 67.2 Å². The minimum atomic E-state index is -0.609. The molecule has 3 unspecified atom stereocenters. The maximum Gasteiger partial charge on any atom is 0.227 e. The molecular formula is C27H44N4O2. The second kappa shape index (κ2) is 12.4. The number of likely N-dealkylation sites (tertiary alicyclic amines) is 1. The number of carbonyl (C=O) groups excluding carboxylic acids is 1. The van der Waals surface area contributed by atoms with Gasteiger partial charge < -0.3 is 20.2 Å². The van der Waals surface area contributed by atoms with Gasteiger partial charge in [0.15, 0.2) is 0 Å². The average molecular weight is 457 g/mol. The van der Waals surface area contributed by atoms with Crippen LogP contribution in [0.15, 0.2) is 29.3 Å². The molecule has 2 heterocycles. The Morgan fingerprint density at radius 2 is 1.88 bits per heavy atom. The van der Waals surface area contributed by atoms with Gasteiger partial charge in [-0.25, -0.2) is 4.99 Å². The van der Waals surface area contributed by atoms with Gasteiger partial charge in [0, 0.05) is 31.4 Å². The molecule has 1 amide bonds. The zero-order chi connectivity index (χ0) is 23.8. The monoisotopic (exact) mass is 456 g/mol. The third-order valence-corrected chi connectivity index (χ3v) is 6.88. The molecule has 0 saturated carbocycles. The third-order valence-electron chi connectivity index (χ3n) is 6.88. The van der Waals surface area contributed by atoms with Crippen molar-refractivity contribution in [1.82, 2.24) is 10.2 Å². The van der Waals surface area contributed by atoms with E-state index in [9.17, 15) is 9.90 Å². The maximum atomic E-state index is 13.4. The number of rotatable bonds is 8. The first kappa shape index (κ1) is 25.5. The lowest BCUT2D eigenvalue weighted by molar-refractivity contribution is -0.130. The fourth-order valence-electron chi connectivity index (χ4n) is 5.06. The lowest BCUT2D eigenvalue weighted by Gasteiger charge is -2.27. The predicted molar refractivity (Wildman–Crippen MR) is 137 cm³/mol. The zero-order valence-electron chi connectivity index (χ0n) is 21.1. The third kappa shape index (κ3) is 6.95. The summed E-state index contributed by atoms with van der Waals surface area (Å²) in [4.78, 5) is 23.2. The van der Waals surface area contributed by atoms with Crippen LogP contribution in [0.4, 0.5) is 5.69 Å². The molecule has 3 atom stereocenters. The van der Waals surface area contributed by atoms with Crippen LogP contribution in [0.25, 0.3) is 0 Å². The van der Waals surface area contributed by atoms with E-state index in [0.717, 1.165) is 43.0 Å². The predicted octanol–water partition coefficient (Wildman–Crippen LogP) is 4.41. The number of hydrogen-bond acceptors (Lipinski definition) is 5. The Morgan fingerprint density at radius 1 is 1.18 bits per heavy atom. The molecule has 0 radical (unpaired) electrons. The summed E-state index contributed by atoms with van der Waals surface area (Å²) in [6.07, 6.45) is 7.22. The zero-order valence-corrected chi connectivity index (χ0v) is 21.1. The van der Waals surface area contributed by atoms with Crippen LogP contribution in [0, 0.1) is 11.8 Å². The number of benzodiazepines with no additional fused rings is 1. The van der Waals surface area contributed by atoms with Crippen LogP contribution in [-0.4, -0.2) is 60.7 Å². The van der Waals surface area contributed by atoms with Gasteiger partial charge in [-0.1, -0.05) is 58.6 Å². The van der Waals surface area contributed by atoms with Crippen molar-refractivity contribution in [3.8, 4) is 0 Å². The molecule has 1 fully saturated rings. The van der Waals surface area contributed by atoms with Crippen molar-refractivity contribution in [2.24, 2.45) is 16.8 Å². The molecule has 2 aliphatic heterocycles. The van der Waals surface area contributed by atoms with E-state index in [1.54, 1.807) is 0 Å². The van der Waals surface area contributed by atoms with Gasteiger partial charge in [-0.05, 0) is 43.7 Å². The van der Waals surface area contributed by atoms with Crippen molar-refractivity contribution in [1.29, 1.82) is 0 Å². The lowest BCUT2D eigenvalue weighted by Crippen LogP contribution is -2.47. The molecule has 6 heteroatoms. The van der Waals surface area contributed by atoms with Crippen LogP contribution in [0.2, 0.25) is 0 Å². The normalized spacial score (nSPS) is 21.0. The van der Waals surface area contributed by atoms with Gasteiger partial charge in [0.25, 0.3) is 0 Å². The van der Waals surface area contributed by atoms with Crippen molar-refractivity contribution in [3.05, 3.63) is 29.8 Å². The molecular weight excluding hydrogens is 412 g/mol. The summed E-state index contributed by atoms with van der Waals surface area (Å²) in [5, 5.41) is 14.0. The van der Waals surface area contributed by atoms with Crippen molar-refractivity contribution in [2.45, 2.75) is 84.4 Å². The number of para-hydroxylation sites is 1. The van der Waals surface area contributed by atoms with Crippen LogP contribution >= 0.6 is 0 Å². The molecule has 0 aliphatic carbocycles. The summed E-state index contributed by atoms with van der Waals surface area (Å²) in [6, 6.07) is 8.43. The summed E-state index contributed by atoms with van der Waals surface area (Å²) >= 11 is 0. The van der Waals surface area contributed by atoms with Crippen LogP contribution in [0.1, 0.15) is 77.7 Å². The molecule has 184 valence electrons. The number of aliphatic hydroxyl groups is 1. The second-order valence-electron chi connectivity index (χ2n) is 10.2. The fraction of sp³-hybridized carbons (Fsp3) is 0.704. The Balaban J connectivity index is 1.86. The van der Waals surface area contributed by atoms with Gasteiger partial charge in [-0.15, -0.1) is 0 Å². The summed E-state index contributed by atoms with van der Waals surface area (Å²) < 4.78 is 0. The van der Waals surface area contributed by atoms with E-state index in [-0.39, 0.29) is 12.1 Å². The van der Waals surface area contributed by atoms with Crippen molar-refractivity contribution in [2.75, 3.05) is 31.6 Å². The first-order chi connectivity index (χ1) is 15.9. The standard InChI is InChI=1S/C27H44N4O2/c1-5-6-15-24(32)22(18-20(2)3)27(33)29-25-19-30(4)23-14-10-9-13-21(23)26(28-25)31-16-11-7-8-12-17-31/h9-10,13-14,20,22,24-25,32H,5-8,11-12,15-19H2,1-4H3,(H,29,33). The summed E-state index contributed by atoms with van der Waals surface area (Å²) in [6.45, 7) is 8.95. The minimum absolute atomic E-state index is 0.0735. The Labute approximate surface area is 200 Å². The topological polar surface area (TPSA) is 68.2 Å². The highest BCUT2D eigenvalue weighted by molar-refractivity contribution is 6.04. The van der Waals surface area contributed by atoms with Crippen LogP contribution in [-0.2, 0) is 4.79 Å². The molecule has 33 heavy (non-hydrogen) atoms. The van der Waals surface area contributed by atoms with E-state index in [1.807, 2.05) is 0 Å². The Bertz CT molecular complexity index is 786. The molecule has 2 N–H and O–H groups in total. The number of unbranched alkanes of at least 4 members (excludes halogenated alkanes) is 1. The Morgan fingerprint density at radius 3 is 2.55 bits per heavy atom. The highest BCUT2D eigenvalue weighted by atomic mass is 16.3. The largest absolute Gasteiger partial charge is 0.392 e. The molecule has 0 bridgehead atoms. The molecule has 0 spiro atoms. The molecule has 2 aliphatic rings. The molecule has 1 aromatic rings. The van der Waals surface area contributed by atoms with E-state index in [4.69, 9.17) is 4.99 Å². The Kier molecular flexibility index (Phi) is 9.60. The van der Waals surface area contributed by atoms with Gasteiger partial charge in [-0.3, -0.25) is 4.79 Å². The number of amidine groups is 1. The highest BCUT2D eigenvalue weighted by Crippen LogP contribution is 2.27.